The molecule has 15 heteroatoms. The summed E-state index contributed by atoms with van der Waals surface area (Å²) in [5.74, 6) is 1.50. The van der Waals surface area contributed by atoms with Crippen molar-refractivity contribution in [2.75, 3.05) is 38.7 Å². The van der Waals surface area contributed by atoms with Crippen molar-refractivity contribution in [1.29, 1.82) is 0 Å². The molecule has 2 rings (SSSR count). The molecule has 1 aromatic carbocycles. The summed E-state index contributed by atoms with van der Waals surface area (Å²) in [5.41, 5.74) is -4.02. The van der Waals surface area contributed by atoms with Gasteiger partial charge in [-0.2, -0.15) is 0 Å². The van der Waals surface area contributed by atoms with Crippen molar-refractivity contribution in [3.05, 3.63) is 23.8 Å². The van der Waals surface area contributed by atoms with Gasteiger partial charge in [0.15, 0.2) is 5.75 Å². The number of fused-ring (bicyclic) bond motifs is 1. The van der Waals surface area contributed by atoms with E-state index in [0.717, 1.165) is 0 Å². The standard InChI is InChI=1S/C39H58N4O11/c1-35(2,3)54-34(49)43-27(31(46)50-12)22-25-13-14-28-26(21-25)42-32(47)36(4,5)23-51-38(8,9)17-19-40-29(44)15-16-30(45)41-20-18-39(10,11)52-24-37(6,7)33(48)53-28/h13-14,21,27H,17-20,22-24H2,1-12H3,(H,40,44)(H,41,45)(H,42,47)(H,43,49)/t27-/m0/s1. The smallest absolute Gasteiger partial charge is 0.408 e. The molecular weight excluding hydrogens is 700 g/mol. The highest BCUT2D eigenvalue weighted by molar-refractivity contribution is 6.02. The number of carbonyl (C=O) groups excluding carboxylic acids is 6. The van der Waals surface area contributed by atoms with Crippen molar-refractivity contribution >= 4 is 41.4 Å². The van der Waals surface area contributed by atoms with Crippen LogP contribution in [0.4, 0.5) is 10.5 Å². The van der Waals surface area contributed by atoms with Gasteiger partial charge in [0.25, 0.3) is 11.8 Å². The number of amides is 4. The molecule has 4 N–H and O–H groups in total. The molecule has 4 amide bonds. The van der Waals surface area contributed by atoms with E-state index in [1.807, 2.05) is 27.7 Å². The van der Waals surface area contributed by atoms with Gasteiger partial charge in [0.2, 0.25) is 5.91 Å². The Labute approximate surface area is 318 Å². The number of esters is 2. The highest BCUT2D eigenvalue weighted by atomic mass is 16.6. The highest BCUT2D eigenvalue weighted by Gasteiger charge is 2.36. The molecule has 1 aliphatic heterocycles. The topological polar surface area (TPSA) is 197 Å². The van der Waals surface area contributed by atoms with Gasteiger partial charge in [-0.1, -0.05) is 6.07 Å². The average Bonchev–Trinajstić information content (AvgIpc) is 3.04. The number of hydrogen-bond acceptors (Lipinski definition) is 11. The second-order valence-electron chi connectivity index (χ2n) is 16.7. The number of benzene rings is 1. The van der Waals surface area contributed by atoms with Gasteiger partial charge in [0.05, 0.1) is 48.0 Å². The predicted molar refractivity (Wildman–Crippen MR) is 200 cm³/mol. The summed E-state index contributed by atoms with van der Waals surface area (Å²) in [6.07, 6.45) is -0.134. The second-order valence-corrected chi connectivity index (χ2v) is 16.7. The van der Waals surface area contributed by atoms with E-state index in [4.69, 9.17) is 23.7 Å². The molecule has 1 aliphatic rings. The molecule has 0 spiro atoms. The van der Waals surface area contributed by atoms with Gasteiger partial charge in [-0.3, -0.25) is 19.2 Å². The fraction of sp³-hybridized carbons (Fsp3) is 0.641. The van der Waals surface area contributed by atoms with Crippen LogP contribution in [0.2, 0.25) is 0 Å². The number of hydrogen-bond donors (Lipinski definition) is 4. The number of nitrogens with one attached hydrogen (secondary N) is 4. The Morgan fingerprint density at radius 1 is 0.852 bits per heavy atom. The summed E-state index contributed by atoms with van der Waals surface area (Å²) in [6.45, 7) is 19.3. The summed E-state index contributed by atoms with van der Waals surface area (Å²) < 4.78 is 28.3. The molecule has 1 aromatic rings. The lowest BCUT2D eigenvalue weighted by molar-refractivity contribution is -0.151. The normalized spacial score (nSPS) is 20.4. The van der Waals surface area contributed by atoms with Gasteiger partial charge in [0, 0.05) is 31.4 Å². The zero-order chi connectivity index (χ0) is 41.1. The van der Waals surface area contributed by atoms with Crippen molar-refractivity contribution in [1.82, 2.24) is 16.0 Å². The van der Waals surface area contributed by atoms with E-state index in [1.165, 1.54) is 13.2 Å². The van der Waals surface area contributed by atoms with Crippen LogP contribution in [0.15, 0.2) is 18.2 Å². The average molecular weight is 759 g/mol. The molecule has 0 aliphatic carbocycles. The molecular formula is C39H58N4O11. The van der Waals surface area contributed by atoms with E-state index in [-0.39, 0.29) is 44.2 Å². The molecule has 0 saturated heterocycles. The summed E-state index contributed by atoms with van der Waals surface area (Å²) in [7, 11) is 1.19. The first-order valence-corrected chi connectivity index (χ1v) is 17.8. The lowest BCUT2D eigenvalue weighted by Gasteiger charge is -2.32. The Hall–Kier alpha value is -4.68. The first kappa shape index (κ1) is 45.5. The second kappa shape index (κ2) is 18.6. The Morgan fingerprint density at radius 2 is 1.37 bits per heavy atom. The van der Waals surface area contributed by atoms with E-state index < -0.39 is 69.4 Å². The van der Waals surface area contributed by atoms with Crippen LogP contribution in [0, 0.1) is 22.7 Å². The maximum absolute atomic E-state index is 13.8. The molecule has 0 radical (unpaired) electrons. The zero-order valence-corrected chi connectivity index (χ0v) is 33.7. The quantitative estimate of drug-likeness (QED) is 0.198. The Morgan fingerprint density at radius 3 is 1.87 bits per heavy atom. The minimum absolute atomic E-state index is 0.0288. The van der Waals surface area contributed by atoms with Gasteiger partial charge < -0.3 is 45.0 Å². The lowest BCUT2D eigenvalue weighted by atomic mass is 9.92. The monoisotopic (exact) mass is 758 g/mol. The fourth-order valence-corrected chi connectivity index (χ4v) is 4.62. The molecule has 0 saturated carbocycles. The Kier molecular flexibility index (Phi) is 15.6. The molecule has 0 fully saturated rings. The maximum Gasteiger partial charge on any atom is 0.408 e. The number of alkyl carbamates (subject to hydrolysis) is 1. The predicted octanol–water partition coefficient (Wildman–Crippen LogP) is 3.81. The fourth-order valence-electron chi connectivity index (χ4n) is 4.62. The third-order valence-electron chi connectivity index (χ3n) is 8.24. The van der Waals surface area contributed by atoms with Crippen molar-refractivity contribution < 1.29 is 52.5 Å². The van der Waals surface area contributed by atoms with E-state index >= 15 is 0 Å². The van der Waals surface area contributed by atoms with Gasteiger partial charge >= 0.3 is 18.0 Å². The third kappa shape index (κ3) is 15.7. The molecule has 0 bridgehead atoms. The minimum Gasteiger partial charge on any atom is -0.467 e. The lowest BCUT2D eigenvalue weighted by Crippen LogP contribution is -2.45. The van der Waals surface area contributed by atoms with Crippen LogP contribution < -0.4 is 26.0 Å². The summed E-state index contributed by atoms with van der Waals surface area (Å²) in [5, 5.41) is 10.7. The van der Waals surface area contributed by atoms with Crippen LogP contribution in [-0.4, -0.2) is 92.0 Å². The van der Waals surface area contributed by atoms with Crippen LogP contribution >= 0.6 is 0 Å². The molecule has 15 nitrogen and oxygen atoms in total. The van der Waals surface area contributed by atoms with Crippen molar-refractivity contribution in [2.24, 2.45) is 10.8 Å². The van der Waals surface area contributed by atoms with Crippen LogP contribution in [0.5, 0.6) is 5.75 Å². The minimum atomic E-state index is -1.17. The number of methoxy groups -OCH3 is 1. The van der Waals surface area contributed by atoms with Crippen LogP contribution in [0.3, 0.4) is 0 Å². The first-order chi connectivity index (χ1) is 24.7. The summed E-state index contributed by atoms with van der Waals surface area (Å²) in [4.78, 5) is 77.2. The van der Waals surface area contributed by atoms with Gasteiger partial charge in [0.1, 0.15) is 11.6 Å². The van der Waals surface area contributed by atoms with E-state index in [1.54, 1.807) is 60.6 Å². The SMILES string of the molecule is COC(=O)[C@H](Cc1ccc2c(c1)NC(=O)C(C)(C)COC(C)(C)CCNC(=O)C#CC(=O)NCCC(C)(C)OCC(C)(C)C(=O)O2)NC(=O)OC(C)(C)C. The first-order valence-electron chi connectivity index (χ1n) is 17.8. The Balaban J connectivity index is 2.50. The van der Waals surface area contributed by atoms with E-state index in [2.05, 4.69) is 33.1 Å². The number of rotatable bonds is 4. The molecule has 1 heterocycles. The number of carbonyl (C=O) groups is 6. The Bertz CT molecular complexity index is 1610. The van der Waals surface area contributed by atoms with Crippen molar-refractivity contribution in [2.45, 2.75) is 118 Å². The summed E-state index contributed by atoms with van der Waals surface area (Å²) in [6, 6.07) is 3.49. The van der Waals surface area contributed by atoms with E-state index in [9.17, 15) is 28.8 Å². The van der Waals surface area contributed by atoms with Gasteiger partial charge in [-0.25, -0.2) is 9.59 Å². The van der Waals surface area contributed by atoms with Crippen LogP contribution in [0.1, 0.15) is 94.6 Å². The number of ether oxygens (including phenoxy) is 5. The van der Waals surface area contributed by atoms with Gasteiger partial charge in [-0.15, -0.1) is 0 Å². The molecule has 0 aromatic heterocycles. The van der Waals surface area contributed by atoms with Gasteiger partial charge in [-0.05, 0) is 107 Å². The van der Waals surface area contributed by atoms with Crippen molar-refractivity contribution in [3.8, 4) is 17.6 Å². The van der Waals surface area contributed by atoms with E-state index in [0.29, 0.717) is 18.4 Å². The zero-order valence-electron chi connectivity index (χ0n) is 33.7. The van der Waals surface area contributed by atoms with Crippen molar-refractivity contribution in [3.63, 3.8) is 0 Å². The summed E-state index contributed by atoms with van der Waals surface area (Å²) >= 11 is 0. The largest absolute Gasteiger partial charge is 0.467 e. The number of anilines is 1. The van der Waals surface area contributed by atoms with Crippen LogP contribution in [-0.2, 0) is 49.3 Å². The highest BCUT2D eigenvalue weighted by Crippen LogP contribution is 2.32. The third-order valence-corrected chi connectivity index (χ3v) is 8.24. The molecule has 0 unspecified atom stereocenters. The maximum atomic E-state index is 13.8. The molecule has 1 atom stereocenters. The molecule has 300 valence electrons. The molecule has 54 heavy (non-hydrogen) atoms. The van der Waals surface area contributed by atoms with Crippen LogP contribution in [0.25, 0.3) is 0 Å².